The van der Waals surface area contributed by atoms with E-state index in [-0.39, 0.29) is 5.91 Å². The highest BCUT2D eigenvalue weighted by molar-refractivity contribution is 5.97. The highest BCUT2D eigenvalue weighted by atomic mass is 16.5. The zero-order valence-corrected chi connectivity index (χ0v) is 13.5. The van der Waals surface area contributed by atoms with E-state index in [1.54, 1.807) is 30.2 Å². The molecule has 0 aliphatic carbocycles. The van der Waals surface area contributed by atoms with E-state index in [1.807, 2.05) is 30.3 Å². The molecule has 1 amide bonds. The van der Waals surface area contributed by atoms with Crippen molar-refractivity contribution in [2.75, 3.05) is 27.3 Å². The standard InChI is InChI=1S/C18H22N2O3/c1-22-15-8-9-16(17(12-15)23-2)18(21)20(11-10-19)13-14-6-4-3-5-7-14/h3-9,12H,10-11,13,19H2,1-2H3. The molecule has 2 aromatic carbocycles. The number of hydrogen-bond donors (Lipinski definition) is 1. The van der Waals surface area contributed by atoms with Crippen molar-refractivity contribution in [1.82, 2.24) is 4.90 Å². The lowest BCUT2D eigenvalue weighted by Crippen LogP contribution is -2.35. The second-order valence-electron chi connectivity index (χ2n) is 5.07. The zero-order valence-electron chi connectivity index (χ0n) is 13.5. The van der Waals surface area contributed by atoms with Crippen molar-refractivity contribution in [3.63, 3.8) is 0 Å². The predicted octanol–water partition coefficient (Wildman–Crippen LogP) is 2.30. The Morgan fingerprint density at radius 1 is 1.09 bits per heavy atom. The number of ether oxygens (including phenoxy) is 2. The fraction of sp³-hybridized carbons (Fsp3) is 0.278. The molecular formula is C18H22N2O3. The number of carbonyl (C=O) groups is 1. The van der Waals surface area contributed by atoms with E-state index in [1.165, 1.54) is 7.11 Å². The Morgan fingerprint density at radius 2 is 1.83 bits per heavy atom. The van der Waals surface area contributed by atoms with Crippen LogP contribution in [0.1, 0.15) is 15.9 Å². The number of hydrogen-bond acceptors (Lipinski definition) is 4. The smallest absolute Gasteiger partial charge is 0.257 e. The van der Waals surface area contributed by atoms with E-state index in [2.05, 4.69) is 0 Å². The van der Waals surface area contributed by atoms with Crippen LogP contribution in [0, 0.1) is 0 Å². The minimum Gasteiger partial charge on any atom is -0.497 e. The Bertz CT molecular complexity index is 644. The van der Waals surface area contributed by atoms with Gasteiger partial charge in [0, 0.05) is 25.7 Å². The van der Waals surface area contributed by atoms with Crippen LogP contribution in [-0.4, -0.2) is 38.1 Å². The highest BCUT2D eigenvalue weighted by Crippen LogP contribution is 2.26. The summed E-state index contributed by atoms with van der Waals surface area (Å²) >= 11 is 0. The molecule has 0 fully saturated rings. The van der Waals surface area contributed by atoms with E-state index in [0.717, 1.165) is 5.56 Å². The van der Waals surface area contributed by atoms with Crippen LogP contribution in [0.5, 0.6) is 11.5 Å². The van der Waals surface area contributed by atoms with Crippen LogP contribution in [0.4, 0.5) is 0 Å². The minimum atomic E-state index is -0.112. The first-order chi connectivity index (χ1) is 11.2. The Morgan fingerprint density at radius 3 is 2.43 bits per heavy atom. The largest absolute Gasteiger partial charge is 0.497 e. The van der Waals surface area contributed by atoms with E-state index < -0.39 is 0 Å². The number of methoxy groups -OCH3 is 2. The first-order valence-corrected chi connectivity index (χ1v) is 7.45. The van der Waals surface area contributed by atoms with Gasteiger partial charge in [-0.1, -0.05) is 30.3 Å². The van der Waals surface area contributed by atoms with Gasteiger partial charge in [0.25, 0.3) is 5.91 Å². The van der Waals surface area contributed by atoms with Gasteiger partial charge in [0.1, 0.15) is 11.5 Å². The normalized spacial score (nSPS) is 10.2. The average molecular weight is 314 g/mol. The molecule has 0 heterocycles. The second-order valence-corrected chi connectivity index (χ2v) is 5.07. The molecule has 0 aromatic heterocycles. The number of benzene rings is 2. The van der Waals surface area contributed by atoms with Gasteiger partial charge in [-0.15, -0.1) is 0 Å². The van der Waals surface area contributed by atoms with Gasteiger partial charge in [-0.2, -0.15) is 0 Å². The van der Waals surface area contributed by atoms with E-state index >= 15 is 0 Å². The summed E-state index contributed by atoms with van der Waals surface area (Å²) in [5, 5.41) is 0. The zero-order chi connectivity index (χ0) is 16.7. The fourth-order valence-corrected chi connectivity index (χ4v) is 2.36. The van der Waals surface area contributed by atoms with Crippen LogP contribution >= 0.6 is 0 Å². The van der Waals surface area contributed by atoms with Crippen molar-refractivity contribution < 1.29 is 14.3 Å². The maximum atomic E-state index is 12.9. The number of nitrogens with two attached hydrogens (primary N) is 1. The molecule has 0 unspecified atom stereocenters. The van der Waals surface area contributed by atoms with E-state index in [4.69, 9.17) is 15.2 Å². The summed E-state index contributed by atoms with van der Waals surface area (Å²) in [6.07, 6.45) is 0. The van der Waals surface area contributed by atoms with Crippen molar-refractivity contribution in [2.45, 2.75) is 6.54 Å². The summed E-state index contributed by atoms with van der Waals surface area (Å²) in [5.74, 6) is 1.02. The number of nitrogens with zero attached hydrogens (tertiary/aromatic N) is 1. The molecule has 0 saturated carbocycles. The maximum Gasteiger partial charge on any atom is 0.257 e. The lowest BCUT2D eigenvalue weighted by atomic mass is 10.1. The SMILES string of the molecule is COc1ccc(C(=O)N(CCN)Cc2ccccc2)c(OC)c1. The monoisotopic (exact) mass is 314 g/mol. The van der Waals surface area contributed by atoms with Gasteiger partial charge in [0.2, 0.25) is 0 Å². The first-order valence-electron chi connectivity index (χ1n) is 7.45. The molecule has 2 aromatic rings. The third kappa shape index (κ3) is 4.23. The lowest BCUT2D eigenvalue weighted by molar-refractivity contribution is 0.0745. The molecule has 0 saturated heterocycles. The third-order valence-corrected chi connectivity index (χ3v) is 3.54. The van der Waals surface area contributed by atoms with Crippen LogP contribution in [-0.2, 0) is 6.54 Å². The molecule has 0 atom stereocenters. The highest BCUT2D eigenvalue weighted by Gasteiger charge is 2.20. The predicted molar refractivity (Wildman–Crippen MR) is 89.8 cm³/mol. The third-order valence-electron chi connectivity index (χ3n) is 3.54. The van der Waals surface area contributed by atoms with Crippen LogP contribution in [0.3, 0.4) is 0 Å². The molecule has 0 aliphatic heterocycles. The van der Waals surface area contributed by atoms with Gasteiger partial charge < -0.3 is 20.1 Å². The van der Waals surface area contributed by atoms with Crippen molar-refractivity contribution in [3.05, 3.63) is 59.7 Å². The Hall–Kier alpha value is -2.53. The summed E-state index contributed by atoms with van der Waals surface area (Å²) in [5.41, 5.74) is 7.23. The molecule has 0 spiro atoms. The number of amides is 1. The fourth-order valence-electron chi connectivity index (χ4n) is 2.36. The summed E-state index contributed by atoms with van der Waals surface area (Å²) in [4.78, 5) is 14.6. The van der Waals surface area contributed by atoms with Crippen molar-refractivity contribution in [1.29, 1.82) is 0 Å². The van der Waals surface area contributed by atoms with Crippen molar-refractivity contribution in [2.24, 2.45) is 5.73 Å². The summed E-state index contributed by atoms with van der Waals surface area (Å²) in [6, 6.07) is 15.0. The Labute approximate surface area is 136 Å². The van der Waals surface area contributed by atoms with Crippen LogP contribution in [0.2, 0.25) is 0 Å². The van der Waals surface area contributed by atoms with Crippen LogP contribution in [0.15, 0.2) is 48.5 Å². The van der Waals surface area contributed by atoms with Gasteiger partial charge in [-0.25, -0.2) is 0 Å². The summed E-state index contributed by atoms with van der Waals surface area (Å²) in [7, 11) is 3.11. The second kappa shape index (κ2) is 8.19. The molecule has 5 heteroatoms. The van der Waals surface area contributed by atoms with Crippen LogP contribution in [0.25, 0.3) is 0 Å². The first kappa shape index (κ1) is 16.8. The van der Waals surface area contributed by atoms with Gasteiger partial charge >= 0.3 is 0 Å². The minimum absolute atomic E-state index is 0.112. The Kier molecular flexibility index (Phi) is 6.00. The molecule has 2 rings (SSSR count). The molecule has 5 nitrogen and oxygen atoms in total. The van der Waals surface area contributed by atoms with Gasteiger partial charge in [0.15, 0.2) is 0 Å². The molecule has 23 heavy (non-hydrogen) atoms. The molecule has 0 radical (unpaired) electrons. The lowest BCUT2D eigenvalue weighted by Gasteiger charge is -2.23. The van der Waals surface area contributed by atoms with Crippen LogP contribution < -0.4 is 15.2 Å². The molecule has 0 bridgehead atoms. The molecule has 122 valence electrons. The topological polar surface area (TPSA) is 64.8 Å². The molecular weight excluding hydrogens is 292 g/mol. The molecule has 2 N–H and O–H groups in total. The van der Waals surface area contributed by atoms with Crippen molar-refractivity contribution in [3.8, 4) is 11.5 Å². The van der Waals surface area contributed by atoms with Crippen molar-refractivity contribution >= 4 is 5.91 Å². The maximum absolute atomic E-state index is 12.9. The Balaban J connectivity index is 2.27. The van der Waals surface area contributed by atoms with Gasteiger partial charge in [-0.3, -0.25) is 4.79 Å². The van der Waals surface area contributed by atoms with Gasteiger partial charge in [0.05, 0.1) is 19.8 Å². The van der Waals surface area contributed by atoms with Gasteiger partial charge in [-0.05, 0) is 17.7 Å². The average Bonchev–Trinajstić information content (AvgIpc) is 2.61. The number of carbonyl (C=O) groups excluding carboxylic acids is 1. The van der Waals surface area contributed by atoms with E-state index in [0.29, 0.717) is 36.7 Å². The quantitative estimate of drug-likeness (QED) is 0.852. The number of rotatable bonds is 7. The summed E-state index contributed by atoms with van der Waals surface area (Å²) < 4.78 is 10.5. The molecule has 0 aliphatic rings. The van der Waals surface area contributed by atoms with E-state index in [9.17, 15) is 4.79 Å². The summed E-state index contributed by atoms with van der Waals surface area (Å²) in [6.45, 7) is 1.38.